The quantitative estimate of drug-likeness (QED) is 0.394. The molecule has 0 saturated carbocycles. The summed E-state index contributed by atoms with van der Waals surface area (Å²) in [6.07, 6.45) is 6.57. The number of carboxylic acid groups (broad SMARTS) is 1. The van der Waals surface area contributed by atoms with Gasteiger partial charge in [0.25, 0.3) is 0 Å². The van der Waals surface area contributed by atoms with Gasteiger partial charge in [-0.05, 0) is 44.0 Å². The van der Waals surface area contributed by atoms with E-state index in [9.17, 15) is 14.7 Å². The number of carbonyl (C=O) groups is 1. The Hall–Kier alpha value is -3.56. The van der Waals surface area contributed by atoms with Crippen LogP contribution in [0.15, 0.2) is 47.7 Å². The minimum absolute atomic E-state index is 0.0108. The van der Waals surface area contributed by atoms with Gasteiger partial charge in [-0.25, -0.2) is 9.78 Å². The molecule has 36 heavy (non-hydrogen) atoms. The number of aryl methyl sites for hydroxylation is 2. The number of pyridine rings is 2. The van der Waals surface area contributed by atoms with Crippen molar-refractivity contribution < 1.29 is 14.6 Å². The summed E-state index contributed by atoms with van der Waals surface area (Å²) in [5, 5.41) is 15.1. The van der Waals surface area contributed by atoms with Gasteiger partial charge in [0.2, 0.25) is 11.3 Å². The van der Waals surface area contributed by atoms with Crippen LogP contribution in [0, 0.1) is 6.92 Å². The zero-order chi connectivity index (χ0) is 25.6. The number of rotatable bonds is 6. The largest absolute Gasteiger partial charge is 0.477 e. The number of fused-ring (bicyclic) bond motifs is 1. The number of carboxylic acids is 1. The molecule has 1 aliphatic heterocycles. The lowest BCUT2D eigenvalue weighted by Crippen LogP contribution is -2.34. The minimum atomic E-state index is -1.30. The smallest absolute Gasteiger partial charge is 0.341 e. The molecule has 1 fully saturated rings. The number of ether oxygens (including phenoxy) is 1. The van der Waals surface area contributed by atoms with Crippen LogP contribution in [0.25, 0.3) is 16.6 Å². The molecule has 4 heterocycles. The highest BCUT2D eigenvalue weighted by Crippen LogP contribution is 2.36. The van der Waals surface area contributed by atoms with Crippen molar-refractivity contribution in [1.82, 2.24) is 19.3 Å². The second-order valence-electron chi connectivity index (χ2n) is 8.73. The lowest BCUT2D eigenvalue weighted by atomic mass is 10.1. The fraction of sp³-hybridized carbons (Fsp3) is 0.280. The first-order valence-electron chi connectivity index (χ1n) is 11.4. The summed E-state index contributed by atoms with van der Waals surface area (Å²) in [7, 11) is 1.78. The molecule has 0 aliphatic carbocycles. The Kier molecular flexibility index (Phi) is 6.36. The lowest BCUT2D eigenvalue weighted by molar-refractivity contribution is 0.0695. The zero-order valence-electron chi connectivity index (χ0n) is 19.6. The molecule has 1 N–H and O–H groups in total. The molecule has 1 atom stereocenters. The van der Waals surface area contributed by atoms with Crippen LogP contribution in [0.1, 0.15) is 28.9 Å². The monoisotopic (exact) mass is 527 g/mol. The molecule has 0 amide bonds. The molecule has 4 aromatic rings. The average molecular weight is 528 g/mol. The molecule has 0 unspecified atom stereocenters. The molecule has 1 saturated heterocycles. The number of benzene rings is 1. The molecule has 1 aliphatic rings. The van der Waals surface area contributed by atoms with Crippen molar-refractivity contribution in [3.8, 4) is 11.6 Å². The third-order valence-electron chi connectivity index (χ3n) is 6.37. The predicted molar refractivity (Wildman–Crippen MR) is 138 cm³/mol. The summed E-state index contributed by atoms with van der Waals surface area (Å²) < 4.78 is 9.25. The molecule has 3 aromatic heterocycles. The molecular formula is C25H23Cl2N5O4. The molecule has 0 bridgehead atoms. The lowest BCUT2D eigenvalue weighted by Gasteiger charge is -2.28. The molecule has 0 spiro atoms. The number of anilines is 1. The second-order valence-corrected chi connectivity index (χ2v) is 9.55. The van der Waals surface area contributed by atoms with Crippen LogP contribution < -0.4 is 15.1 Å². The fourth-order valence-corrected chi connectivity index (χ4v) is 5.16. The van der Waals surface area contributed by atoms with Crippen molar-refractivity contribution >= 4 is 45.8 Å². The predicted octanol–water partition coefficient (Wildman–Crippen LogP) is 4.48. The number of aromatic carboxylic acids is 1. The standard InChI is InChI=1S/C25H23Cl2N5O4/c1-14-22(12-30(2)29-14)32-11-17(25(34)35)23(33)16-9-19(27)21(10-20(16)32)31-8-4-5-15(31)13-36-24-18(26)6-3-7-28-24/h3,6-7,9-12,15H,4-5,8,13H2,1-2H3,(H,34,35)/t15-/m1/s1. The fourth-order valence-electron chi connectivity index (χ4n) is 4.71. The maximum Gasteiger partial charge on any atom is 0.341 e. The normalized spacial score (nSPS) is 15.6. The van der Waals surface area contributed by atoms with Gasteiger partial charge in [0.05, 0.1) is 33.6 Å². The van der Waals surface area contributed by atoms with Crippen LogP contribution in [-0.4, -0.2) is 49.6 Å². The third kappa shape index (κ3) is 4.29. The summed E-state index contributed by atoms with van der Waals surface area (Å²) in [4.78, 5) is 31.2. The van der Waals surface area contributed by atoms with E-state index >= 15 is 0 Å². The van der Waals surface area contributed by atoms with Crippen LogP contribution in [0.5, 0.6) is 5.88 Å². The van der Waals surface area contributed by atoms with Crippen molar-refractivity contribution in [2.24, 2.45) is 7.05 Å². The maximum absolute atomic E-state index is 13.1. The summed E-state index contributed by atoms with van der Waals surface area (Å²) in [6, 6.07) is 6.86. The van der Waals surface area contributed by atoms with Crippen molar-refractivity contribution in [2.45, 2.75) is 25.8 Å². The van der Waals surface area contributed by atoms with Gasteiger partial charge in [0.1, 0.15) is 17.2 Å². The SMILES string of the molecule is Cc1nn(C)cc1-n1cc(C(=O)O)c(=O)c2cc(Cl)c(N3CCC[C@@H]3COc3ncccc3Cl)cc21. The van der Waals surface area contributed by atoms with E-state index in [1.165, 1.54) is 6.20 Å². The molecule has 11 heteroatoms. The van der Waals surface area contributed by atoms with Gasteiger partial charge in [-0.2, -0.15) is 5.10 Å². The van der Waals surface area contributed by atoms with Gasteiger partial charge in [-0.3, -0.25) is 9.48 Å². The number of halogens is 2. The van der Waals surface area contributed by atoms with E-state index in [1.807, 2.05) is 13.0 Å². The number of hydrogen-bond acceptors (Lipinski definition) is 6. The van der Waals surface area contributed by atoms with Crippen LogP contribution in [0.4, 0.5) is 5.69 Å². The zero-order valence-corrected chi connectivity index (χ0v) is 21.1. The van der Waals surface area contributed by atoms with Gasteiger partial charge in [0.15, 0.2) is 0 Å². The van der Waals surface area contributed by atoms with E-state index in [-0.39, 0.29) is 17.0 Å². The first-order chi connectivity index (χ1) is 17.2. The van der Waals surface area contributed by atoms with Crippen molar-refractivity contribution in [1.29, 1.82) is 0 Å². The highest BCUT2D eigenvalue weighted by atomic mass is 35.5. The van der Waals surface area contributed by atoms with Gasteiger partial charge >= 0.3 is 5.97 Å². The maximum atomic E-state index is 13.1. The van der Waals surface area contributed by atoms with Crippen molar-refractivity contribution in [3.63, 3.8) is 0 Å². The first kappa shape index (κ1) is 24.1. The van der Waals surface area contributed by atoms with E-state index in [2.05, 4.69) is 15.0 Å². The summed E-state index contributed by atoms with van der Waals surface area (Å²) in [6.45, 7) is 2.93. The van der Waals surface area contributed by atoms with Gasteiger partial charge in [-0.1, -0.05) is 23.2 Å². The highest BCUT2D eigenvalue weighted by molar-refractivity contribution is 6.34. The van der Waals surface area contributed by atoms with Crippen LogP contribution in [0.2, 0.25) is 10.0 Å². The van der Waals surface area contributed by atoms with E-state index < -0.39 is 11.4 Å². The Morgan fingerprint density at radius 3 is 2.72 bits per heavy atom. The molecule has 9 nitrogen and oxygen atoms in total. The number of hydrogen-bond donors (Lipinski definition) is 1. The van der Waals surface area contributed by atoms with E-state index in [0.29, 0.717) is 39.4 Å². The van der Waals surface area contributed by atoms with Gasteiger partial charge < -0.3 is 19.3 Å². The summed E-state index contributed by atoms with van der Waals surface area (Å²) in [5.41, 5.74) is 1.71. The van der Waals surface area contributed by atoms with Crippen LogP contribution >= 0.6 is 23.2 Å². The van der Waals surface area contributed by atoms with Crippen LogP contribution in [-0.2, 0) is 7.05 Å². The Morgan fingerprint density at radius 1 is 1.22 bits per heavy atom. The van der Waals surface area contributed by atoms with E-state index in [0.717, 1.165) is 25.1 Å². The number of nitrogens with zero attached hydrogens (tertiary/aromatic N) is 5. The van der Waals surface area contributed by atoms with Crippen LogP contribution in [0.3, 0.4) is 0 Å². The van der Waals surface area contributed by atoms with Crippen molar-refractivity contribution in [2.75, 3.05) is 18.1 Å². The van der Waals surface area contributed by atoms with E-state index in [4.69, 9.17) is 27.9 Å². The first-order valence-corrected chi connectivity index (χ1v) is 12.1. The molecular weight excluding hydrogens is 505 g/mol. The highest BCUT2D eigenvalue weighted by Gasteiger charge is 2.29. The number of aromatic nitrogens is 4. The Balaban J connectivity index is 1.61. The molecule has 186 valence electrons. The molecule has 5 rings (SSSR count). The topological polar surface area (TPSA) is 102 Å². The van der Waals surface area contributed by atoms with Gasteiger partial charge in [0, 0.05) is 37.6 Å². The molecule has 1 aromatic carbocycles. The molecule has 0 radical (unpaired) electrons. The average Bonchev–Trinajstić information content (AvgIpc) is 3.44. The second kappa shape index (κ2) is 9.48. The summed E-state index contributed by atoms with van der Waals surface area (Å²) in [5.74, 6) is -0.931. The van der Waals surface area contributed by atoms with Crippen molar-refractivity contribution in [3.05, 3.63) is 74.4 Å². The Morgan fingerprint density at radius 2 is 2.03 bits per heavy atom. The summed E-state index contributed by atoms with van der Waals surface area (Å²) >= 11 is 12.9. The Bertz CT molecular complexity index is 1550. The minimum Gasteiger partial charge on any atom is -0.477 e. The van der Waals surface area contributed by atoms with Gasteiger partial charge in [-0.15, -0.1) is 0 Å². The van der Waals surface area contributed by atoms with E-state index in [1.54, 1.807) is 46.9 Å². The third-order valence-corrected chi connectivity index (χ3v) is 6.96. The Labute approximate surface area is 216 Å².